The molecule has 0 atom stereocenters. The second-order valence-corrected chi connectivity index (χ2v) is 5.05. The van der Waals surface area contributed by atoms with Gasteiger partial charge in [-0.15, -0.1) is 5.10 Å². The maximum atomic E-state index is 5.84. The van der Waals surface area contributed by atoms with E-state index in [1.165, 1.54) is 5.56 Å². The Morgan fingerprint density at radius 2 is 2.00 bits per heavy atom. The Morgan fingerprint density at radius 1 is 1.26 bits per heavy atom. The van der Waals surface area contributed by atoms with Crippen LogP contribution < -0.4 is 10.6 Å². The van der Waals surface area contributed by atoms with Gasteiger partial charge in [-0.3, -0.25) is 0 Å². The fourth-order valence-electron chi connectivity index (χ4n) is 1.65. The molecule has 6 heteroatoms. The first-order valence-corrected chi connectivity index (χ1v) is 6.68. The Bertz CT molecular complexity index is 506. The average molecular weight is 280 g/mol. The van der Waals surface area contributed by atoms with Crippen molar-refractivity contribution < 1.29 is 0 Å². The molecule has 5 nitrogen and oxygen atoms in total. The number of halogens is 1. The molecule has 1 heterocycles. The van der Waals surface area contributed by atoms with Crippen LogP contribution in [-0.2, 0) is 6.42 Å². The lowest BCUT2D eigenvalue weighted by molar-refractivity contribution is 0.876. The van der Waals surface area contributed by atoms with Gasteiger partial charge in [-0.1, -0.05) is 23.7 Å². The third kappa shape index (κ3) is 4.44. The fraction of sp³-hybridized carbons (Fsp3) is 0.385. The molecule has 0 aliphatic carbocycles. The van der Waals surface area contributed by atoms with Crippen molar-refractivity contribution in [1.82, 2.24) is 15.2 Å². The van der Waals surface area contributed by atoms with E-state index in [9.17, 15) is 0 Å². The van der Waals surface area contributed by atoms with Gasteiger partial charge in [0, 0.05) is 17.6 Å². The Morgan fingerprint density at radius 3 is 2.68 bits per heavy atom. The molecule has 0 aliphatic rings. The third-order valence-electron chi connectivity index (χ3n) is 2.52. The molecule has 2 aromatic rings. The highest BCUT2D eigenvalue weighted by molar-refractivity contribution is 6.30. The molecule has 1 aromatic carbocycles. The van der Waals surface area contributed by atoms with Crippen molar-refractivity contribution in [2.24, 2.45) is 0 Å². The van der Waals surface area contributed by atoms with Crippen molar-refractivity contribution in [3.8, 4) is 0 Å². The molecule has 0 saturated heterocycles. The summed E-state index contributed by atoms with van der Waals surface area (Å²) in [5.74, 6) is 1.29. The maximum absolute atomic E-state index is 5.84. The summed E-state index contributed by atoms with van der Waals surface area (Å²) in [6.07, 6.45) is 0.901. The van der Waals surface area contributed by atoms with Gasteiger partial charge in [-0.2, -0.15) is 4.98 Å². The molecule has 0 saturated carbocycles. The first-order valence-electron chi connectivity index (χ1n) is 6.31. The van der Waals surface area contributed by atoms with Gasteiger partial charge in [0.25, 0.3) is 0 Å². The molecule has 1 aromatic heterocycles. The molecule has 2 rings (SSSR count). The summed E-state index contributed by atoms with van der Waals surface area (Å²) in [7, 11) is 0. The van der Waals surface area contributed by atoms with E-state index in [1.807, 2.05) is 24.3 Å². The normalized spacial score (nSPS) is 10.7. The molecule has 3 N–H and O–H groups in total. The third-order valence-corrected chi connectivity index (χ3v) is 2.77. The number of benzene rings is 1. The van der Waals surface area contributed by atoms with Gasteiger partial charge >= 0.3 is 0 Å². The van der Waals surface area contributed by atoms with Crippen molar-refractivity contribution in [2.45, 2.75) is 26.3 Å². The number of H-pyrrole nitrogens is 1. The van der Waals surface area contributed by atoms with Crippen molar-refractivity contribution >= 4 is 23.5 Å². The summed E-state index contributed by atoms with van der Waals surface area (Å²) in [5, 5.41) is 14.0. The van der Waals surface area contributed by atoms with Crippen LogP contribution in [0.4, 0.5) is 11.9 Å². The number of nitrogens with one attached hydrogen (secondary N) is 3. The van der Waals surface area contributed by atoms with Gasteiger partial charge in [0.05, 0.1) is 0 Å². The molecule has 102 valence electrons. The summed E-state index contributed by atoms with van der Waals surface area (Å²) < 4.78 is 0. The largest absolute Gasteiger partial charge is 0.353 e. The average Bonchev–Trinajstić information content (AvgIpc) is 2.78. The number of hydrogen-bond donors (Lipinski definition) is 3. The minimum atomic E-state index is 0.329. The zero-order valence-corrected chi connectivity index (χ0v) is 11.8. The lowest BCUT2D eigenvalue weighted by Gasteiger charge is -2.04. The van der Waals surface area contributed by atoms with E-state index in [-0.39, 0.29) is 0 Å². The number of aromatic nitrogens is 3. The molecule has 0 aliphatic heterocycles. The standard InChI is InChI=1S/C13H18ClN5/c1-9(2)16-13-17-12(18-19-13)15-8-7-10-3-5-11(14)6-4-10/h3-6,9H,7-8H2,1-2H3,(H3,15,16,17,18,19). The molecule has 19 heavy (non-hydrogen) atoms. The van der Waals surface area contributed by atoms with Gasteiger partial charge in [0.1, 0.15) is 0 Å². The first kappa shape index (κ1) is 13.7. The quantitative estimate of drug-likeness (QED) is 0.761. The summed E-state index contributed by atoms with van der Waals surface area (Å²) in [6, 6.07) is 8.17. The number of hydrogen-bond acceptors (Lipinski definition) is 4. The SMILES string of the molecule is CC(C)Nc1nc(NCCc2ccc(Cl)cc2)n[nH]1. The van der Waals surface area contributed by atoms with Crippen LogP contribution >= 0.6 is 11.6 Å². The molecule has 0 amide bonds. The number of nitrogens with zero attached hydrogens (tertiary/aromatic N) is 2. The summed E-state index contributed by atoms with van der Waals surface area (Å²) >= 11 is 5.84. The minimum absolute atomic E-state index is 0.329. The van der Waals surface area contributed by atoms with E-state index in [0.29, 0.717) is 17.9 Å². The zero-order chi connectivity index (χ0) is 13.7. The molecule has 0 spiro atoms. The van der Waals surface area contributed by atoms with Gasteiger partial charge < -0.3 is 10.6 Å². The highest BCUT2D eigenvalue weighted by Crippen LogP contribution is 2.10. The lowest BCUT2D eigenvalue weighted by Crippen LogP contribution is -2.11. The van der Waals surface area contributed by atoms with Crippen LogP contribution in [0.1, 0.15) is 19.4 Å². The van der Waals surface area contributed by atoms with E-state index in [0.717, 1.165) is 18.0 Å². The highest BCUT2D eigenvalue weighted by atomic mass is 35.5. The molecule has 0 fully saturated rings. The monoisotopic (exact) mass is 279 g/mol. The van der Waals surface area contributed by atoms with Crippen molar-refractivity contribution in [3.63, 3.8) is 0 Å². The predicted molar refractivity (Wildman–Crippen MR) is 78.8 cm³/mol. The number of anilines is 2. The lowest BCUT2D eigenvalue weighted by atomic mass is 10.1. The van der Waals surface area contributed by atoms with E-state index >= 15 is 0 Å². The van der Waals surface area contributed by atoms with E-state index < -0.39 is 0 Å². The Kier molecular flexibility index (Phi) is 4.63. The van der Waals surface area contributed by atoms with Crippen LogP contribution in [0.3, 0.4) is 0 Å². The first-order chi connectivity index (χ1) is 9.13. The second-order valence-electron chi connectivity index (χ2n) is 4.61. The molecular formula is C13H18ClN5. The number of rotatable bonds is 6. The fourth-order valence-corrected chi connectivity index (χ4v) is 1.77. The highest BCUT2D eigenvalue weighted by Gasteiger charge is 2.03. The Hall–Kier alpha value is -1.75. The zero-order valence-electron chi connectivity index (χ0n) is 11.1. The van der Waals surface area contributed by atoms with Crippen LogP contribution in [0.2, 0.25) is 5.02 Å². The van der Waals surface area contributed by atoms with Crippen LogP contribution in [0, 0.1) is 0 Å². The van der Waals surface area contributed by atoms with Crippen molar-refractivity contribution in [1.29, 1.82) is 0 Å². The summed E-state index contributed by atoms with van der Waals surface area (Å²) in [5.41, 5.74) is 1.23. The Labute approximate surface area is 117 Å². The second kappa shape index (κ2) is 6.43. The van der Waals surface area contributed by atoms with Gasteiger partial charge in [-0.25, -0.2) is 5.10 Å². The van der Waals surface area contributed by atoms with E-state index in [2.05, 4.69) is 39.7 Å². The van der Waals surface area contributed by atoms with Crippen LogP contribution in [0.5, 0.6) is 0 Å². The summed E-state index contributed by atoms with van der Waals surface area (Å²) in [6.45, 7) is 4.88. The molecule has 0 radical (unpaired) electrons. The maximum Gasteiger partial charge on any atom is 0.243 e. The van der Waals surface area contributed by atoms with Gasteiger partial charge in [-0.05, 0) is 38.0 Å². The predicted octanol–water partition coefficient (Wildman–Crippen LogP) is 2.93. The van der Waals surface area contributed by atoms with Crippen LogP contribution in [-0.4, -0.2) is 27.8 Å². The van der Waals surface area contributed by atoms with Gasteiger partial charge in [0.15, 0.2) is 0 Å². The van der Waals surface area contributed by atoms with E-state index in [4.69, 9.17) is 11.6 Å². The molecule has 0 unspecified atom stereocenters. The Balaban J connectivity index is 1.79. The van der Waals surface area contributed by atoms with E-state index in [1.54, 1.807) is 0 Å². The number of aromatic amines is 1. The van der Waals surface area contributed by atoms with Crippen molar-refractivity contribution in [3.05, 3.63) is 34.9 Å². The molecular weight excluding hydrogens is 262 g/mol. The van der Waals surface area contributed by atoms with Gasteiger partial charge in [0.2, 0.25) is 11.9 Å². The minimum Gasteiger partial charge on any atom is -0.353 e. The van der Waals surface area contributed by atoms with Crippen LogP contribution in [0.25, 0.3) is 0 Å². The van der Waals surface area contributed by atoms with Crippen LogP contribution in [0.15, 0.2) is 24.3 Å². The smallest absolute Gasteiger partial charge is 0.243 e. The van der Waals surface area contributed by atoms with Crippen molar-refractivity contribution in [2.75, 3.05) is 17.2 Å². The molecule has 0 bridgehead atoms. The summed E-state index contributed by atoms with van der Waals surface area (Å²) in [4.78, 5) is 4.29. The topological polar surface area (TPSA) is 65.6 Å².